The van der Waals surface area contributed by atoms with Crippen molar-refractivity contribution in [2.24, 2.45) is 14.1 Å². The van der Waals surface area contributed by atoms with Crippen molar-refractivity contribution in [3.05, 3.63) is 56.4 Å². The van der Waals surface area contributed by atoms with Crippen LogP contribution in [0.4, 0.5) is 5.69 Å². The predicted molar refractivity (Wildman–Crippen MR) is 112 cm³/mol. The summed E-state index contributed by atoms with van der Waals surface area (Å²) in [5.74, 6) is 0.809. The van der Waals surface area contributed by atoms with E-state index in [1.54, 1.807) is 6.07 Å². The van der Waals surface area contributed by atoms with E-state index in [1.807, 2.05) is 19.9 Å². The van der Waals surface area contributed by atoms with E-state index in [4.69, 9.17) is 9.47 Å². The summed E-state index contributed by atoms with van der Waals surface area (Å²) in [4.78, 5) is 41.6. The topological polar surface area (TPSA) is 104 Å². The van der Waals surface area contributed by atoms with Crippen molar-refractivity contribution in [1.29, 1.82) is 0 Å². The number of nitrogens with zero attached hydrogens (tertiary/aromatic N) is 3. The molecule has 9 nitrogen and oxygen atoms in total. The van der Waals surface area contributed by atoms with Crippen LogP contribution in [0.5, 0.6) is 11.5 Å². The first kappa shape index (κ1) is 19.7. The third kappa shape index (κ3) is 3.22. The summed E-state index contributed by atoms with van der Waals surface area (Å²) in [5.41, 5.74) is 0.921. The van der Waals surface area contributed by atoms with Gasteiger partial charge in [0.2, 0.25) is 0 Å². The summed E-state index contributed by atoms with van der Waals surface area (Å²) in [6, 6.07) is 5.06. The van der Waals surface area contributed by atoms with E-state index in [-0.39, 0.29) is 22.7 Å². The highest BCUT2D eigenvalue weighted by molar-refractivity contribution is 6.06. The summed E-state index contributed by atoms with van der Waals surface area (Å²) in [6.45, 7) is 4.29. The molecule has 0 fully saturated rings. The van der Waals surface area contributed by atoms with Gasteiger partial charge in [0, 0.05) is 38.3 Å². The molecule has 1 atom stereocenters. The molecule has 2 aromatic heterocycles. The second-order valence-electron chi connectivity index (χ2n) is 7.28. The molecular weight excluding hydrogens is 388 g/mol. The third-order valence-corrected chi connectivity index (χ3v) is 5.10. The standard InChI is InChI=1S/C21H22N4O5/c1-5-29-17-8-12-6-11(2)30-16(12)9-15(17)23-19(26)13-7-14-18(22-10-13)24(3)21(28)25(4)20(14)27/h7-11H,5-6H2,1-4H3,(H,23,26)/t11-/m0/s1. The lowest BCUT2D eigenvalue weighted by molar-refractivity contribution is 0.102. The van der Waals surface area contributed by atoms with Crippen molar-refractivity contribution in [2.45, 2.75) is 26.4 Å². The maximum Gasteiger partial charge on any atom is 0.332 e. The molecule has 3 heterocycles. The third-order valence-electron chi connectivity index (χ3n) is 5.10. The van der Waals surface area contributed by atoms with Gasteiger partial charge in [-0.15, -0.1) is 0 Å². The molecule has 1 aliphatic heterocycles. The van der Waals surface area contributed by atoms with Crippen LogP contribution in [0.2, 0.25) is 0 Å². The molecule has 30 heavy (non-hydrogen) atoms. The monoisotopic (exact) mass is 410 g/mol. The van der Waals surface area contributed by atoms with Crippen molar-refractivity contribution in [2.75, 3.05) is 11.9 Å². The van der Waals surface area contributed by atoms with Gasteiger partial charge >= 0.3 is 5.69 Å². The van der Waals surface area contributed by atoms with Crippen molar-refractivity contribution >= 4 is 22.6 Å². The second-order valence-corrected chi connectivity index (χ2v) is 7.28. The second kappa shape index (κ2) is 7.33. The fourth-order valence-electron chi connectivity index (χ4n) is 3.60. The molecule has 0 saturated heterocycles. The highest BCUT2D eigenvalue weighted by Gasteiger charge is 2.23. The summed E-state index contributed by atoms with van der Waals surface area (Å²) < 4.78 is 13.7. The van der Waals surface area contributed by atoms with Crippen molar-refractivity contribution < 1.29 is 14.3 Å². The highest BCUT2D eigenvalue weighted by atomic mass is 16.5. The molecule has 0 spiro atoms. The first-order valence-corrected chi connectivity index (χ1v) is 9.63. The van der Waals surface area contributed by atoms with Crippen molar-refractivity contribution in [3.63, 3.8) is 0 Å². The first-order chi connectivity index (χ1) is 14.3. The number of hydrogen-bond acceptors (Lipinski definition) is 6. The van der Waals surface area contributed by atoms with Gasteiger partial charge in [0.25, 0.3) is 11.5 Å². The van der Waals surface area contributed by atoms with Gasteiger partial charge in [0.15, 0.2) is 0 Å². The normalized spacial score (nSPS) is 15.0. The summed E-state index contributed by atoms with van der Waals surface area (Å²) in [5, 5.41) is 3.00. The van der Waals surface area contributed by atoms with Gasteiger partial charge in [-0.25, -0.2) is 9.78 Å². The van der Waals surface area contributed by atoms with Crippen LogP contribution in [0.25, 0.3) is 11.0 Å². The van der Waals surface area contributed by atoms with Gasteiger partial charge in [0.1, 0.15) is 23.3 Å². The van der Waals surface area contributed by atoms with E-state index in [1.165, 1.54) is 30.9 Å². The Hall–Kier alpha value is -3.62. The molecule has 3 aromatic rings. The molecule has 156 valence electrons. The average Bonchev–Trinajstić information content (AvgIpc) is 3.09. The fourth-order valence-corrected chi connectivity index (χ4v) is 3.60. The van der Waals surface area contributed by atoms with E-state index in [0.29, 0.717) is 23.8 Å². The first-order valence-electron chi connectivity index (χ1n) is 9.63. The zero-order valence-corrected chi connectivity index (χ0v) is 17.2. The van der Waals surface area contributed by atoms with Crippen LogP contribution in [-0.4, -0.2) is 32.7 Å². The predicted octanol–water partition coefficient (Wildman–Crippen LogP) is 1.61. The van der Waals surface area contributed by atoms with Crippen LogP contribution in [-0.2, 0) is 20.5 Å². The Morgan fingerprint density at radius 1 is 1.27 bits per heavy atom. The molecule has 0 bridgehead atoms. The zero-order valence-electron chi connectivity index (χ0n) is 17.2. The summed E-state index contributed by atoms with van der Waals surface area (Å²) in [7, 11) is 2.91. The number of aryl methyl sites for hydroxylation is 1. The largest absolute Gasteiger partial charge is 0.492 e. The molecule has 0 saturated carbocycles. The van der Waals surface area contributed by atoms with Crippen LogP contribution in [0.15, 0.2) is 34.0 Å². The molecule has 0 unspecified atom stereocenters. The fraction of sp³-hybridized carbons (Fsp3) is 0.333. The number of benzene rings is 1. The molecule has 1 N–H and O–H groups in total. The SMILES string of the molecule is CCOc1cc2c(cc1NC(=O)c1cnc3c(c1)c(=O)n(C)c(=O)n3C)O[C@@H](C)C2. The summed E-state index contributed by atoms with van der Waals surface area (Å²) in [6.07, 6.45) is 2.18. The number of anilines is 1. The van der Waals surface area contributed by atoms with Gasteiger partial charge in [-0.1, -0.05) is 0 Å². The van der Waals surface area contributed by atoms with Gasteiger partial charge in [0.05, 0.1) is 23.2 Å². The number of ether oxygens (including phenoxy) is 2. The lowest BCUT2D eigenvalue weighted by atomic mass is 10.1. The van der Waals surface area contributed by atoms with Gasteiger partial charge in [-0.05, 0) is 26.0 Å². The van der Waals surface area contributed by atoms with Crippen LogP contribution in [0, 0.1) is 0 Å². The van der Waals surface area contributed by atoms with Crippen molar-refractivity contribution in [1.82, 2.24) is 14.1 Å². The lowest BCUT2D eigenvalue weighted by Gasteiger charge is -2.14. The number of carbonyl (C=O) groups excluding carboxylic acids is 1. The van der Waals surface area contributed by atoms with Gasteiger partial charge in [-0.3, -0.25) is 18.7 Å². The van der Waals surface area contributed by atoms with E-state index < -0.39 is 17.2 Å². The number of pyridine rings is 1. The number of amides is 1. The number of fused-ring (bicyclic) bond motifs is 2. The molecule has 4 rings (SSSR count). The zero-order chi connectivity index (χ0) is 21.6. The van der Waals surface area contributed by atoms with Crippen LogP contribution < -0.4 is 26.0 Å². The average molecular weight is 410 g/mol. The van der Waals surface area contributed by atoms with Gasteiger partial charge < -0.3 is 14.8 Å². The Kier molecular flexibility index (Phi) is 4.81. The molecule has 0 aliphatic carbocycles. The van der Waals surface area contributed by atoms with E-state index >= 15 is 0 Å². The van der Waals surface area contributed by atoms with Crippen LogP contribution >= 0.6 is 0 Å². The lowest BCUT2D eigenvalue weighted by Crippen LogP contribution is -2.37. The number of aromatic nitrogens is 3. The number of hydrogen-bond donors (Lipinski definition) is 1. The van der Waals surface area contributed by atoms with Gasteiger partial charge in [-0.2, -0.15) is 0 Å². The molecule has 1 aromatic carbocycles. The Bertz CT molecular complexity index is 1290. The molecule has 0 radical (unpaired) electrons. The van der Waals surface area contributed by atoms with E-state index in [0.717, 1.165) is 16.6 Å². The van der Waals surface area contributed by atoms with E-state index in [9.17, 15) is 14.4 Å². The van der Waals surface area contributed by atoms with Crippen LogP contribution in [0.3, 0.4) is 0 Å². The molecule has 9 heteroatoms. The molecule has 1 amide bonds. The quantitative estimate of drug-likeness (QED) is 0.701. The smallest absolute Gasteiger partial charge is 0.332 e. The number of nitrogens with one attached hydrogen (secondary N) is 1. The highest BCUT2D eigenvalue weighted by Crippen LogP contribution is 2.38. The Labute approximate surface area is 171 Å². The van der Waals surface area contributed by atoms with Crippen molar-refractivity contribution in [3.8, 4) is 11.5 Å². The minimum absolute atomic E-state index is 0.0629. The maximum atomic E-state index is 12.9. The maximum absolute atomic E-state index is 12.9. The molecular formula is C21H22N4O5. The number of carbonyl (C=O) groups is 1. The number of rotatable bonds is 4. The Balaban J connectivity index is 1.73. The van der Waals surface area contributed by atoms with Crippen LogP contribution in [0.1, 0.15) is 29.8 Å². The van der Waals surface area contributed by atoms with E-state index in [2.05, 4.69) is 10.3 Å². The summed E-state index contributed by atoms with van der Waals surface area (Å²) >= 11 is 0. The Morgan fingerprint density at radius 2 is 2.03 bits per heavy atom. The molecule has 1 aliphatic rings. The minimum atomic E-state index is -0.509. The minimum Gasteiger partial charge on any atom is -0.492 e. The Morgan fingerprint density at radius 3 is 2.77 bits per heavy atom.